The molecule has 0 aromatic heterocycles. The van der Waals surface area contributed by atoms with Gasteiger partial charge in [0.15, 0.2) is 0 Å². The third-order valence-electron chi connectivity index (χ3n) is 3.48. The summed E-state index contributed by atoms with van der Waals surface area (Å²) in [6.45, 7) is 0. The van der Waals surface area contributed by atoms with Gasteiger partial charge in [0, 0.05) is 11.3 Å². The summed E-state index contributed by atoms with van der Waals surface area (Å²) in [5.74, 6) is -0.665. The van der Waals surface area contributed by atoms with Crippen molar-refractivity contribution in [3.05, 3.63) is 76.9 Å². The van der Waals surface area contributed by atoms with E-state index in [9.17, 15) is 4.79 Å². The van der Waals surface area contributed by atoms with Gasteiger partial charge in [-0.15, -0.1) is 0 Å². The van der Waals surface area contributed by atoms with Crippen molar-refractivity contribution < 1.29 is 10.0 Å². The van der Waals surface area contributed by atoms with Crippen LogP contribution in [0.3, 0.4) is 0 Å². The highest BCUT2D eigenvalue weighted by molar-refractivity contribution is 6.16. The molecule has 0 atom stereocenters. The standard InChI is InChI=1S/C18H16N4O2/c19-11-12-6-8-14(9-7-12)18(21)15(10-16(23)22-24)17(20)13-4-2-1-3-5-13/h1-9,20,24H,10,21H2,(H,22,23). The van der Waals surface area contributed by atoms with Gasteiger partial charge >= 0.3 is 0 Å². The number of benzene rings is 2. The van der Waals surface area contributed by atoms with E-state index in [2.05, 4.69) is 0 Å². The molecule has 0 saturated carbocycles. The van der Waals surface area contributed by atoms with Gasteiger partial charge in [0.05, 0.1) is 23.8 Å². The Morgan fingerprint density at radius 3 is 2.29 bits per heavy atom. The Kier molecular flexibility index (Phi) is 5.45. The summed E-state index contributed by atoms with van der Waals surface area (Å²) in [5.41, 5.74) is 10.0. The fourth-order valence-corrected chi connectivity index (χ4v) is 2.20. The molecule has 5 N–H and O–H groups in total. The number of carbonyl (C=O) groups is 1. The number of hydrogen-bond donors (Lipinski definition) is 4. The maximum absolute atomic E-state index is 11.6. The van der Waals surface area contributed by atoms with E-state index >= 15 is 0 Å². The van der Waals surface area contributed by atoms with E-state index in [4.69, 9.17) is 21.6 Å². The second-order valence-corrected chi connectivity index (χ2v) is 5.03. The number of nitriles is 1. The Balaban J connectivity index is 2.49. The van der Waals surface area contributed by atoms with Gasteiger partial charge in [0.25, 0.3) is 0 Å². The van der Waals surface area contributed by atoms with E-state index in [1.54, 1.807) is 54.0 Å². The molecule has 0 unspecified atom stereocenters. The minimum absolute atomic E-state index is 0.0982. The van der Waals surface area contributed by atoms with E-state index < -0.39 is 5.91 Å². The van der Waals surface area contributed by atoms with E-state index in [1.807, 2.05) is 12.1 Å². The minimum Gasteiger partial charge on any atom is -0.398 e. The normalized spacial score (nSPS) is 11.2. The van der Waals surface area contributed by atoms with Gasteiger partial charge in [0.2, 0.25) is 5.91 Å². The first-order valence-electron chi connectivity index (χ1n) is 7.13. The number of nitrogens with zero attached hydrogens (tertiary/aromatic N) is 1. The molecule has 2 aromatic carbocycles. The summed E-state index contributed by atoms with van der Waals surface area (Å²) in [7, 11) is 0. The number of amides is 1. The number of rotatable bonds is 5. The Morgan fingerprint density at radius 2 is 1.75 bits per heavy atom. The molecule has 0 aliphatic rings. The van der Waals surface area contributed by atoms with Crippen molar-refractivity contribution in [1.82, 2.24) is 5.48 Å². The number of nitrogens with two attached hydrogens (primary N) is 1. The highest BCUT2D eigenvalue weighted by Crippen LogP contribution is 2.21. The van der Waals surface area contributed by atoms with Crippen molar-refractivity contribution in [3.63, 3.8) is 0 Å². The van der Waals surface area contributed by atoms with Crippen molar-refractivity contribution in [2.75, 3.05) is 0 Å². The van der Waals surface area contributed by atoms with Crippen molar-refractivity contribution in [1.29, 1.82) is 10.7 Å². The number of carbonyl (C=O) groups excluding carboxylic acids is 1. The Morgan fingerprint density at radius 1 is 1.12 bits per heavy atom. The molecule has 0 aliphatic carbocycles. The molecule has 6 heteroatoms. The second-order valence-electron chi connectivity index (χ2n) is 5.03. The number of hydrogen-bond acceptors (Lipinski definition) is 5. The molecule has 6 nitrogen and oxygen atoms in total. The molecule has 1 amide bonds. The van der Waals surface area contributed by atoms with Crippen LogP contribution in [0, 0.1) is 16.7 Å². The van der Waals surface area contributed by atoms with Crippen LogP contribution < -0.4 is 11.2 Å². The molecule has 0 saturated heterocycles. The lowest BCUT2D eigenvalue weighted by atomic mass is 9.95. The summed E-state index contributed by atoms with van der Waals surface area (Å²) in [6, 6.07) is 17.4. The fourth-order valence-electron chi connectivity index (χ4n) is 2.20. The summed E-state index contributed by atoms with van der Waals surface area (Å²) < 4.78 is 0. The number of hydroxylamine groups is 1. The molecular formula is C18H16N4O2. The van der Waals surface area contributed by atoms with Crippen LogP contribution in [0.15, 0.2) is 60.2 Å². The Bertz CT molecular complexity index is 818. The van der Waals surface area contributed by atoms with Gasteiger partial charge in [-0.3, -0.25) is 15.4 Å². The summed E-state index contributed by atoms with van der Waals surface area (Å²) >= 11 is 0. The summed E-state index contributed by atoms with van der Waals surface area (Å²) in [5, 5.41) is 26.0. The van der Waals surface area contributed by atoms with Crippen LogP contribution in [0.2, 0.25) is 0 Å². The lowest BCUT2D eigenvalue weighted by Gasteiger charge is -2.13. The van der Waals surface area contributed by atoms with Crippen LogP contribution in [-0.4, -0.2) is 16.8 Å². The van der Waals surface area contributed by atoms with Gasteiger partial charge in [0.1, 0.15) is 0 Å². The lowest BCUT2D eigenvalue weighted by Crippen LogP contribution is -2.23. The molecule has 24 heavy (non-hydrogen) atoms. The Hall–Kier alpha value is -3.43. The molecule has 0 spiro atoms. The molecule has 0 bridgehead atoms. The van der Waals surface area contributed by atoms with Crippen LogP contribution in [0.5, 0.6) is 0 Å². The monoisotopic (exact) mass is 320 g/mol. The molecule has 2 aromatic rings. The second kappa shape index (κ2) is 7.72. The fraction of sp³-hybridized carbons (Fsp3) is 0.0556. The third-order valence-corrected chi connectivity index (χ3v) is 3.48. The van der Waals surface area contributed by atoms with Crippen LogP contribution >= 0.6 is 0 Å². The molecule has 0 radical (unpaired) electrons. The van der Waals surface area contributed by atoms with Gasteiger partial charge in [-0.2, -0.15) is 5.26 Å². The van der Waals surface area contributed by atoms with Crippen LogP contribution in [0.1, 0.15) is 23.1 Å². The summed E-state index contributed by atoms with van der Waals surface area (Å²) in [6.07, 6.45) is -0.240. The smallest absolute Gasteiger partial charge is 0.247 e. The highest BCUT2D eigenvalue weighted by Gasteiger charge is 2.17. The topological polar surface area (TPSA) is 123 Å². The van der Waals surface area contributed by atoms with Crippen molar-refractivity contribution in [3.8, 4) is 6.07 Å². The first kappa shape index (κ1) is 16.9. The molecule has 120 valence electrons. The molecule has 0 heterocycles. The first-order chi connectivity index (χ1) is 11.6. The molecule has 2 rings (SSSR count). The zero-order valence-corrected chi connectivity index (χ0v) is 12.8. The maximum atomic E-state index is 11.6. The summed E-state index contributed by atoms with van der Waals surface area (Å²) in [4.78, 5) is 11.6. The van der Waals surface area contributed by atoms with E-state index in [-0.39, 0.29) is 23.4 Å². The average Bonchev–Trinajstić information content (AvgIpc) is 2.65. The molecule has 0 fully saturated rings. The van der Waals surface area contributed by atoms with Gasteiger partial charge in [-0.1, -0.05) is 42.5 Å². The largest absolute Gasteiger partial charge is 0.398 e. The minimum atomic E-state index is -0.665. The lowest BCUT2D eigenvalue weighted by molar-refractivity contribution is -0.128. The van der Waals surface area contributed by atoms with Crippen molar-refractivity contribution in [2.45, 2.75) is 6.42 Å². The third kappa shape index (κ3) is 3.85. The van der Waals surface area contributed by atoms with Crippen molar-refractivity contribution in [2.24, 2.45) is 5.73 Å². The quantitative estimate of drug-likeness (QED) is 0.383. The van der Waals surface area contributed by atoms with Crippen LogP contribution in [0.4, 0.5) is 0 Å². The predicted molar refractivity (Wildman–Crippen MR) is 90.1 cm³/mol. The number of nitrogens with one attached hydrogen (secondary N) is 2. The molecular weight excluding hydrogens is 304 g/mol. The van der Waals surface area contributed by atoms with E-state index in [0.717, 1.165) is 0 Å². The SMILES string of the molecule is N#Cc1ccc(C(N)=C(CC(=O)NO)C(=N)c2ccccc2)cc1. The van der Waals surface area contributed by atoms with Crippen molar-refractivity contribution >= 4 is 17.3 Å². The Labute approximate surface area is 139 Å². The highest BCUT2D eigenvalue weighted by atomic mass is 16.5. The van der Waals surface area contributed by atoms with Gasteiger partial charge in [-0.25, -0.2) is 5.48 Å². The van der Waals surface area contributed by atoms with Crippen LogP contribution in [0.25, 0.3) is 5.70 Å². The predicted octanol–water partition coefficient (Wildman–Crippen LogP) is 2.19. The zero-order chi connectivity index (χ0) is 17.5. The maximum Gasteiger partial charge on any atom is 0.247 e. The van der Waals surface area contributed by atoms with E-state index in [1.165, 1.54) is 0 Å². The first-order valence-corrected chi connectivity index (χ1v) is 7.13. The van der Waals surface area contributed by atoms with E-state index in [0.29, 0.717) is 16.7 Å². The van der Waals surface area contributed by atoms with Gasteiger partial charge in [-0.05, 0) is 23.3 Å². The average molecular weight is 320 g/mol. The molecule has 0 aliphatic heterocycles. The van der Waals surface area contributed by atoms with Gasteiger partial charge < -0.3 is 5.73 Å². The zero-order valence-electron chi connectivity index (χ0n) is 12.8. The van der Waals surface area contributed by atoms with Crippen LogP contribution in [-0.2, 0) is 4.79 Å².